The number of nitrogens with one attached hydrogen (secondary N) is 2. The van der Waals surface area contributed by atoms with Crippen LogP contribution in [0.5, 0.6) is 0 Å². The molecule has 2 aromatic rings. The van der Waals surface area contributed by atoms with Crippen LogP contribution < -0.4 is 15.5 Å². The Balaban J connectivity index is 1.58. The average molecular weight is 376 g/mol. The highest BCUT2D eigenvalue weighted by Gasteiger charge is 2.49. The summed E-state index contributed by atoms with van der Waals surface area (Å²) in [6.07, 6.45) is 1.62. The summed E-state index contributed by atoms with van der Waals surface area (Å²) in [6, 6.07) is 14.3. The minimum Gasteiger partial charge on any atom is -0.366 e. The van der Waals surface area contributed by atoms with Crippen molar-refractivity contribution in [3.63, 3.8) is 0 Å². The maximum absolute atomic E-state index is 13.1. The van der Waals surface area contributed by atoms with Gasteiger partial charge in [-0.15, -0.1) is 0 Å². The fourth-order valence-corrected chi connectivity index (χ4v) is 3.55. The van der Waals surface area contributed by atoms with E-state index in [0.717, 1.165) is 10.5 Å². The molecule has 0 spiro atoms. The topological polar surface area (TPSA) is 81.8 Å². The zero-order valence-electron chi connectivity index (χ0n) is 15.5. The van der Waals surface area contributed by atoms with E-state index >= 15 is 0 Å². The van der Waals surface area contributed by atoms with Crippen molar-refractivity contribution < 1.29 is 14.4 Å². The van der Waals surface area contributed by atoms with Gasteiger partial charge in [-0.2, -0.15) is 0 Å². The third-order valence-corrected chi connectivity index (χ3v) is 4.97. The molecule has 4 rings (SSSR count). The van der Waals surface area contributed by atoms with Gasteiger partial charge in [-0.1, -0.05) is 35.9 Å². The summed E-state index contributed by atoms with van der Waals surface area (Å²) in [5.41, 5.74) is 2.53. The SMILES string of the molecule is Cc1ccc(N2C(=O)NC3C(C(=O)Nc4ccccc4)=CN(C)C3C2=O)cc1. The monoisotopic (exact) mass is 376 g/mol. The van der Waals surface area contributed by atoms with Crippen molar-refractivity contribution in [2.24, 2.45) is 0 Å². The average Bonchev–Trinajstić information content (AvgIpc) is 3.00. The van der Waals surface area contributed by atoms with Gasteiger partial charge in [-0.05, 0) is 31.2 Å². The number of benzene rings is 2. The number of aryl methyl sites for hydroxylation is 1. The molecule has 2 heterocycles. The van der Waals surface area contributed by atoms with Crippen LogP contribution in [0.2, 0.25) is 0 Å². The van der Waals surface area contributed by atoms with Gasteiger partial charge in [0.25, 0.3) is 11.8 Å². The Morgan fingerprint density at radius 3 is 2.39 bits per heavy atom. The number of anilines is 2. The van der Waals surface area contributed by atoms with Gasteiger partial charge in [0.05, 0.1) is 17.3 Å². The molecule has 0 bridgehead atoms. The summed E-state index contributed by atoms with van der Waals surface area (Å²) in [5.74, 6) is -0.707. The molecule has 142 valence electrons. The van der Waals surface area contributed by atoms with Crippen LogP contribution in [0.4, 0.5) is 16.2 Å². The number of likely N-dealkylation sites (N-methyl/N-ethyl adjacent to an activating group) is 1. The number of fused-ring (bicyclic) bond motifs is 1. The summed E-state index contributed by atoms with van der Waals surface area (Å²) in [7, 11) is 1.73. The Labute approximate surface area is 162 Å². The summed E-state index contributed by atoms with van der Waals surface area (Å²) in [6.45, 7) is 1.93. The molecule has 0 radical (unpaired) electrons. The molecule has 2 N–H and O–H groups in total. The lowest BCUT2D eigenvalue weighted by molar-refractivity contribution is -0.122. The number of carbonyl (C=O) groups excluding carboxylic acids is 3. The van der Waals surface area contributed by atoms with E-state index in [1.165, 1.54) is 0 Å². The first-order valence-corrected chi connectivity index (χ1v) is 8.97. The lowest BCUT2D eigenvalue weighted by Gasteiger charge is -2.37. The highest BCUT2D eigenvalue weighted by molar-refractivity contribution is 6.20. The van der Waals surface area contributed by atoms with E-state index in [1.807, 2.05) is 37.3 Å². The highest BCUT2D eigenvalue weighted by Crippen LogP contribution is 2.30. The van der Waals surface area contributed by atoms with Crippen LogP contribution in [-0.4, -0.2) is 41.9 Å². The summed E-state index contributed by atoms with van der Waals surface area (Å²) in [4.78, 5) is 41.3. The molecule has 2 aromatic carbocycles. The smallest absolute Gasteiger partial charge is 0.329 e. The van der Waals surface area contributed by atoms with Crippen LogP contribution >= 0.6 is 0 Å². The van der Waals surface area contributed by atoms with Crippen molar-refractivity contribution in [2.45, 2.75) is 19.0 Å². The Morgan fingerprint density at radius 1 is 1.04 bits per heavy atom. The molecule has 7 nitrogen and oxygen atoms in total. The summed E-state index contributed by atoms with van der Waals surface area (Å²) >= 11 is 0. The number of nitrogens with zero attached hydrogens (tertiary/aromatic N) is 2. The predicted octanol–water partition coefficient (Wildman–Crippen LogP) is 2.26. The van der Waals surface area contributed by atoms with Crippen LogP contribution in [-0.2, 0) is 9.59 Å². The Hall–Kier alpha value is -3.61. The molecule has 0 saturated carbocycles. The second kappa shape index (κ2) is 6.84. The summed E-state index contributed by atoms with van der Waals surface area (Å²) in [5, 5.41) is 5.62. The fourth-order valence-electron chi connectivity index (χ4n) is 3.55. The molecule has 2 aliphatic heterocycles. The Bertz CT molecular complexity index is 969. The van der Waals surface area contributed by atoms with E-state index in [9.17, 15) is 14.4 Å². The van der Waals surface area contributed by atoms with Gasteiger partial charge in [0, 0.05) is 18.9 Å². The number of imide groups is 1. The van der Waals surface area contributed by atoms with Crippen LogP contribution in [0.1, 0.15) is 5.56 Å². The quantitative estimate of drug-likeness (QED) is 0.861. The standard InChI is InChI=1S/C21H20N4O3/c1-13-8-10-15(11-9-13)25-20(27)18-17(23-21(25)28)16(12-24(18)2)19(26)22-14-6-4-3-5-7-14/h3-12,17-18H,1-2H3,(H,22,26)(H,23,28). The Kier molecular flexibility index (Phi) is 4.35. The van der Waals surface area contributed by atoms with E-state index in [2.05, 4.69) is 10.6 Å². The molecule has 0 aliphatic carbocycles. The van der Waals surface area contributed by atoms with Gasteiger partial charge in [0.1, 0.15) is 6.04 Å². The molecule has 2 unspecified atom stereocenters. The van der Waals surface area contributed by atoms with Crippen molar-refractivity contribution in [3.05, 3.63) is 71.9 Å². The number of hydrogen-bond donors (Lipinski definition) is 2. The van der Waals surface area contributed by atoms with Crippen LogP contribution in [0, 0.1) is 6.92 Å². The number of amides is 4. The molecular weight excluding hydrogens is 356 g/mol. The molecule has 1 fully saturated rings. The van der Waals surface area contributed by atoms with E-state index < -0.39 is 18.1 Å². The minimum atomic E-state index is -0.699. The van der Waals surface area contributed by atoms with Crippen molar-refractivity contribution in [3.8, 4) is 0 Å². The number of rotatable bonds is 3. The van der Waals surface area contributed by atoms with Gasteiger partial charge in [-0.25, -0.2) is 9.69 Å². The largest absolute Gasteiger partial charge is 0.366 e. The lowest BCUT2D eigenvalue weighted by Crippen LogP contribution is -2.65. The number of para-hydroxylation sites is 1. The second-order valence-corrected chi connectivity index (χ2v) is 6.95. The van der Waals surface area contributed by atoms with Crippen molar-refractivity contribution in [1.29, 1.82) is 0 Å². The van der Waals surface area contributed by atoms with E-state index in [1.54, 1.807) is 42.4 Å². The van der Waals surface area contributed by atoms with Gasteiger partial charge in [0.2, 0.25) is 0 Å². The normalized spacial score (nSPS) is 21.1. The van der Waals surface area contributed by atoms with Gasteiger partial charge in [0.15, 0.2) is 0 Å². The van der Waals surface area contributed by atoms with Crippen molar-refractivity contribution in [1.82, 2.24) is 10.2 Å². The third-order valence-electron chi connectivity index (χ3n) is 4.97. The van der Waals surface area contributed by atoms with E-state index in [0.29, 0.717) is 16.9 Å². The Morgan fingerprint density at radius 2 is 1.71 bits per heavy atom. The zero-order chi connectivity index (χ0) is 19.8. The maximum Gasteiger partial charge on any atom is 0.329 e. The number of urea groups is 1. The molecule has 4 amide bonds. The van der Waals surface area contributed by atoms with Crippen LogP contribution in [0.15, 0.2) is 66.4 Å². The first-order valence-electron chi connectivity index (χ1n) is 8.97. The highest BCUT2D eigenvalue weighted by atomic mass is 16.2. The molecule has 0 aromatic heterocycles. The predicted molar refractivity (Wildman–Crippen MR) is 106 cm³/mol. The number of hydrogen-bond acceptors (Lipinski definition) is 4. The first kappa shape index (κ1) is 17.8. The molecule has 2 aliphatic rings. The van der Waals surface area contributed by atoms with Crippen LogP contribution in [0.25, 0.3) is 0 Å². The van der Waals surface area contributed by atoms with Gasteiger partial charge < -0.3 is 15.5 Å². The maximum atomic E-state index is 13.1. The molecule has 28 heavy (non-hydrogen) atoms. The molecule has 7 heteroatoms. The zero-order valence-corrected chi connectivity index (χ0v) is 15.5. The van der Waals surface area contributed by atoms with Crippen molar-refractivity contribution >= 4 is 29.2 Å². The minimum absolute atomic E-state index is 0.345. The fraction of sp³-hybridized carbons (Fsp3) is 0.190. The van der Waals surface area contributed by atoms with E-state index in [4.69, 9.17) is 0 Å². The van der Waals surface area contributed by atoms with E-state index in [-0.39, 0.29) is 11.8 Å². The third kappa shape index (κ3) is 3.00. The molecule has 2 atom stereocenters. The molecule has 1 saturated heterocycles. The van der Waals surface area contributed by atoms with Crippen molar-refractivity contribution in [2.75, 3.05) is 17.3 Å². The van der Waals surface area contributed by atoms with Crippen LogP contribution in [0.3, 0.4) is 0 Å². The first-order chi connectivity index (χ1) is 13.5. The molecular formula is C21H20N4O3. The lowest BCUT2D eigenvalue weighted by atomic mass is 9.99. The van der Waals surface area contributed by atoms with Gasteiger partial charge in [-0.3, -0.25) is 9.59 Å². The second-order valence-electron chi connectivity index (χ2n) is 6.95. The number of carbonyl (C=O) groups is 3. The van der Waals surface area contributed by atoms with Gasteiger partial charge >= 0.3 is 6.03 Å². The summed E-state index contributed by atoms with van der Waals surface area (Å²) < 4.78 is 0.